The van der Waals surface area contributed by atoms with Crippen molar-refractivity contribution in [1.82, 2.24) is 15.6 Å². The molecule has 9 heteroatoms. The van der Waals surface area contributed by atoms with Crippen molar-refractivity contribution < 1.29 is 14.3 Å². The molecule has 1 saturated heterocycles. The van der Waals surface area contributed by atoms with Gasteiger partial charge in [-0.2, -0.15) is 0 Å². The zero-order chi connectivity index (χ0) is 21.3. The lowest BCUT2D eigenvalue weighted by atomic mass is 9.95. The van der Waals surface area contributed by atoms with Gasteiger partial charge in [-0.1, -0.05) is 53.5 Å². The lowest BCUT2D eigenvalue weighted by Gasteiger charge is -2.33. The Kier molecular flexibility index (Phi) is 8.16. The second kappa shape index (κ2) is 11.0. The van der Waals surface area contributed by atoms with Crippen LogP contribution in [0.4, 0.5) is 10.5 Å². The summed E-state index contributed by atoms with van der Waals surface area (Å²) in [6.07, 6.45) is 4.03. The largest absolute Gasteiger partial charge is 0.445 e. The molecule has 1 fully saturated rings. The van der Waals surface area contributed by atoms with Crippen molar-refractivity contribution in [2.75, 3.05) is 31.1 Å². The van der Waals surface area contributed by atoms with Crippen LogP contribution in [0.15, 0.2) is 42.7 Å². The predicted molar refractivity (Wildman–Crippen MR) is 117 cm³/mol. The highest BCUT2D eigenvalue weighted by Crippen LogP contribution is 2.35. The number of anilines is 1. The van der Waals surface area contributed by atoms with E-state index in [2.05, 4.69) is 20.5 Å². The number of alkyl carbamates (subject to hydrolysis) is 1. The number of carbonyl (C=O) groups excluding carboxylic acids is 2. The van der Waals surface area contributed by atoms with Crippen LogP contribution in [-0.4, -0.2) is 43.2 Å². The first-order valence-corrected chi connectivity index (χ1v) is 10.6. The average Bonchev–Trinajstić information content (AvgIpc) is 2.76. The lowest BCUT2D eigenvalue weighted by molar-refractivity contribution is -0.125. The molecule has 1 aliphatic rings. The zero-order valence-electron chi connectivity index (χ0n) is 16.4. The van der Waals surface area contributed by atoms with Gasteiger partial charge in [-0.15, -0.1) is 0 Å². The number of aromatic nitrogens is 1. The molecule has 0 bridgehead atoms. The number of benzene rings is 1. The topological polar surface area (TPSA) is 83.6 Å². The van der Waals surface area contributed by atoms with E-state index < -0.39 is 6.09 Å². The third-order valence-corrected chi connectivity index (χ3v) is 5.47. The molecule has 0 unspecified atom stereocenters. The summed E-state index contributed by atoms with van der Waals surface area (Å²) in [7, 11) is 0. The fraction of sp³-hybridized carbons (Fsp3) is 0.381. The van der Waals surface area contributed by atoms with Crippen LogP contribution in [-0.2, 0) is 16.1 Å². The van der Waals surface area contributed by atoms with Gasteiger partial charge in [0.05, 0.1) is 15.7 Å². The minimum Gasteiger partial charge on any atom is -0.445 e. The highest BCUT2D eigenvalue weighted by atomic mass is 35.5. The SMILES string of the molecule is O=C(NCCNC(=O)C1CCN(c2c(Cl)cncc2Cl)CC1)OCc1ccccc1. The molecule has 2 aromatic rings. The molecular weight excluding hydrogens is 427 g/mol. The number of amides is 2. The maximum absolute atomic E-state index is 12.4. The van der Waals surface area contributed by atoms with Crippen molar-refractivity contribution in [3.8, 4) is 0 Å². The number of piperidine rings is 1. The number of nitrogens with one attached hydrogen (secondary N) is 2. The Morgan fingerprint density at radius 2 is 1.67 bits per heavy atom. The van der Waals surface area contributed by atoms with Crippen molar-refractivity contribution in [2.45, 2.75) is 19.4 Å². The van der Waals surface area contributed by atoms with Gasteiger partial charge in [0.1, 0.15) is 6.61 Å². The molecule has 2 amide bonds. The van der Waals surface area contributed by atoms with Crippen LogP contribution in [0.3, 0.4) is 0 Å². The van der Waals surface area contributed by atoms with Crippen molar-refractivity contribution in [3.05, 3.63) is 58.3 Å². The highest BCUT2D eigenvalue weighted by molar-refractivity contribution is 6.38. The number of hydrogen-bond donors (Lipinski definition) is 2. The second-order valence-corrected chi connectivity index (χ2v) is 7.81. The molecule has 30 heavy (non-hydrogen) atoms. The summed E-state index contributed by atoms with van der Waals surface area (Å²) >= 11 is 12.4. The number of pyridine rings is 1. The summed E-state index contributed by atoms with van der Waals surface area (Å²) in [6.45, 7) is 2.24. The fourth-order valence-corrected chi connectivity index (χ4v) is 3.94. The fourth-order valence-electron chi connectivity index (χ4n) is 3.34. The van der Waals surface area contributed by atoms with Gasteiger partial charge in [0, 0.05) is 44.5 Å². The molecule has 0 saturated carbocycles. The Morgan fingerprint density at radius 3 is 2.33 bits per heavy atom. The Balaban J connectivity index is 1.33. The molecule has 1 aromatic carbocycles. The number of rotatable bonds is 7. The molecule has 0 atom stereocenters. The summed E-state index contributed by atoms with van der Waals surface area (Å²) in [6, 6.07) is 9.44. The monoisotopic (exact) mass is 450 g/mol. The molecule has 3 rings (SSSR count). The van der Waals surface area contributed by atoms with Gasteiger partial charge >= 0.3 is 6.09 Å². The van der Waals surface area contributed by atoms with E-state index in [-0.39, 0.29) is 18.4 Å². The van der Waals surface area contributed by atoms with Gasteiger partial charge in [0.2, 0.25) is 5.91 Å². The smallest absolute Gasteiger partial charge is 0.407 e. The minimum atomic E-state index is -0.507. The molecule has 2 N–H and O–H groups in total. The molecule has 1 aliphatic heterocycles. The third kappa shape index (κ3) is 6.24. The van der Waals surface area contributed by atoms with E-state index in [1.807, 2.05) is 30.3 Å². The van der Waals surface area contributed by atoms with Crippen LogP contribution in [0.25, 0.3) is 0 Å². The molecule has 2 heterocycles. The van der Waals surface area contributed by atoms with E-state index in [0.29, 0.717) is 49.1 Å². The van der Waals surface area contributed by atoms with Crippen LogP contribution < -0.4 is 15.5 Å². The number of nitrogens with zero attached hydrogens (tertiary/aromatic N) is 2. The number of hydrogen-bond acceptors (Lipinski definition) is 5. The van der Waals surface area contributed by atoms with E-state index in [0.717, 1.165) is 11.3 Å². The quantitative estimate of drug-likeness (QED) is 0.628. The highest BCUT2D eigenvalue weighted by Gasteiger charge is 2.26. The Morgan fingerprint density at radius 1 is 1.03 bits per heavy atom. The first kappa shape index (κ1) is 22.2. The Bertz CT molecular complexity index is 838. The van der Waals surface area contributed by atoms with E-state index in [1.165, 1.54) is 0 Å². The van der Waals surface area contributed by atoms with Crippen molar-refractivity contribution in [1.29, 1.82) is 0 Å². The second-order valence-electron chi connectivity index (χ2n) is 6.99. The summed E-state index contributed by atoms with van der Waals surface area (Å²) < 4.78 is 5.13. The standard InChI is InChI=1S/C21H24Cl2N4O3/c22-17-12-24-13-18(23)19(17)27-10-6-16(7-11-27)20(28)25-8-9-26-21(29)30-14-15-4-2-1-3-5-15/h1-5,12-13,16H,6-11,14H2,(H,25,28)(H,26,29). The lowest BCUT2D eigenvalue weighted by Crippen LogP contribution is -2.42. The van der Waals surface area contributed by atoms with E-state index in [4.69, 9.17) is 27.9 Å². The van der Waals surface area contributed by atoms with Gasteiger partial charge in [-0.25, -0.2) is 4.79 Å². The molecule has 7 nitrogen and oxygen atoms in total. The summed E-state index contributed by atoms with van der Waals surface area (Å²) in [5.41, 5.74) is 1.69. The summed E-state index contributed by atoms with van der Waals surface area (Å²) in [5.74, 6) is -0.0910. The third-order valence-electron chi connectivity index (χ3n) is 4.92. The van der Waals surface area contributed by atoms with E-state index in [1.54, 1.807) is 12.4 Å². The van der Waals surface area contributed by atoms with Crippen molar-refractivity contribution >= 4 is 40.9 Å². The maximum atomic E-state index is 12.4. The van der Waals surface area contributed by atoms with E-state index in [9.17, 15) is 9.59 Å². The van der Waals surface area contributed by atoms with Gasteiger partial charge in [0.15, 0.2) is 0 Å². The Hall–Kier alpha value is -2.51. The molecule has 160 valence electrons. The maximum Gasteiger partial charge on any atom is 0.407 e. The van der Waals surface area contributed by atoms with Gasteiger partial charge in [0.25, 0.3) is 0 Å². The van der Waals surface area contributed by atoms with Crippen LogP contribution in [0.1, 0.15) is 18.4 Å². The molecular formula is C21H24Cl2N4O3. The zero-order valence-corrected chi connectivity index (χ0v) is 18.0. The molecule has 1 aromatic heterocycles. The molecule has 0 aliphatic carbocycles. The van der Waals surface area contributed by atoms with Crippen LogP contribution in [0, 0.1) is 5.92 Å². The van der Waals surface area contributed by atoms with Gasteiger partial charge in [-0.05, 0) is 18.4 Å². The molecule has 0 radical (unpaired) electrons. The first-order valence-electron chi connectivity index (χ1n) is 9.81. The number of halogens is 2. The molecule has 0 spiro atoms. The normalized spacial score (nSPS) is 14.3. The van der Waals surface area contributed by atoms with Crippen LogP contribution >= 0.6 is 23.2 Å². The van der Waals surface area contributed by atoms with Gasteiger partial charge < -0.3 is 20.3 Å². The number of ether oxygens (including phenoxy) is 1. The van der Waals surface area contributed by atoms with E-state index >= 15 is 0 Å². The van der Waals surface area contributed by atoms with Crippen LogP contribution in [0.5, 0.6) is 0 Å². The minimum absolute atomic E-state index is 0.0129. The average molecular weight is 451 g/mol. The summed E-state index contributed by atoms with van der Waals surface area (Å²) in [4.78, 5) is 30.2. The van der Waals surface area contributed by atoms with Crippen molar-refractivity contribution in [3.63, 3.8) is 0 Å². The van der Waals surface area contributed by atoms with Crippen molar-refractivity contribution in [2.24, 2.45) is 5.92 Å². The summed E-state index contributed by atoms with van der Waals surface area (Å²) in [5, 5.41) is 6.52. The number of carbonyl (C=O) groups is 2. The first-order chi connectivity index (χ1) is 14.5. The Labute approximate surface area is 185 Å². The van der Waals surface area contributed by atoms with Gasteiger partial charge in [-0.3, -0.25) is 9.78 Å². The van der Waals surface area contributed by atoms with Crippen LogP contribution in [0.2, 0.25) is 10.0 Å². The predicted octanol–water partition coefficient (Wildman–Crippen LogP) is 3.65.